The van der Waals surface area contributed by atoms with Crippen LogP contribution >= 0.6 is 0 Å². The van der Waals surface area contributed by atoms with Crippen molar-refractivity contribution in [1.29, 1.82) is 0 Å². The predicted octanol–water partition coefficient (Wildman–Crippen LogP) is 2.25. The number of nitrogens with zero attached hydrogens (tertiary/aromatic N) is 6. The lowest BCUT2D eigenvalue weighted by molar-refractivity contribution is -0.133. The Hall–Kier alpha value is -3.95. The Balaban J connectivity index is 1.22. The number of ether oxygens (including phenoxy) is 1. The van der Waals surface area contributed by atoms with Crippen LogP contribution in [0.1, 0.15) is 0 Å². The van der Waals surface area contributed by atoms with E-state index in [9.17, 15) is 9.18 Å². The largest absolute Gasteiger partial charge is 0.484 e. The molecule has 5 rings (SSSR count). The van der Waals surface area contributed by atoms with E-state index in [2.05, 4.69) is 20.2 Å². The van der Waals surface area contributed by atoms with E-state index in [4.69, 9.17) is 9.15 Å². The zero-order valence-electron chi connectivity index (χ0n) is 16.5. The molecule has 9 nitrogen and oxygen atoms in total. The summed E-state index contributed by atoms with van der Waals surface area (Å²) in [5.74, 6) is 1.92. The minimum absolute atomic E-state index is 0.0803. The maximum absolute atomic E-state index is 13.0. The fraction of sp³-hybridized carbons (Fsp3) is 0.238. The molecular weight excluding hydrogens is 403 g/mol. The van der Waals surface area contributed by atoms with Crippen LogP contribution in [0.5, 0.6) is 5.75 Å². The molecule has 0 aliphatic carbocycles. The fourth-order valence-corrected chi connectivity index (χ4v) is 3.46. The first kappa shape index (κ1) is 19.0. The first-order chi connectivity index (χ1) is 15.2. The number of fused-ring (bicyclic) bond motifs is 1. The van der Waals surface area contributed by atoms with Gasteiger partial charge < -0.3 is 19.0 Å². The minimum Gasteiger partial charge on any atom is -0.484 e. The molecule has 0 N–H and O–H groups in total. The van der Waals surface area contributed by atoms with Crippen molar-refractivity contribution in [2.45, 2.75) is 0 Å². The number of anilines is 1. The average Bonchev–Trinajstić information content (AvgIpc) is 3.48. The van der Waals surface area contributed by atoms with Crippen molar-refractivity contribution < 1.29 is 18.3 Å². The molecule has 0 bridgehead atoms. The molecule has 0 spiro atoms. The number of benzene rings is 1. The Morgan fingerprint density at radius 1 is 1.03 bits per heavy atom. The number of aromatic nitrogens is 4. The number of hydrogen-bond acceptors (Lipinski definition) is 7. The normalized spacial score (nSPS) is 14.2. The summed E-state index contributed by atoms with van der Waals surface area (Å²) in [4.78, 5) is 16.3. The molecule has 1 aliphatic rings. The van der Waals surface area contributed by atoms with Gasteiger partial charge in [-0.05, 0) is 48.5 Å². The summed E-state index contributed by atoms with van der Waals surface area (Å²) in [6.07, 6.45) is 1.58. The van der Waals surface area contributed by atoms with E-state index in [0.717, 1.165) is 5.82 Å². The van der Waals surface area contributed by atoms with Crippen molar-refractivity contribution in [1.82, 2.24) is 24.7 Å². The predicted molar refractivity (Wildman–Crippen MR) is 109 cm³/mol. The van der Waals surface area contributed by atoms with Crippen LogP contribution in [0.25, 0.3) is 17.2 Å². The lowest BCUT2D eigenvalue weighted by atomic mass is 10.3. The van der Waals surface area contributed by atoms with Gasteiger partial charge >= 0.3 is 0 Å². The highest BCUT2D eigenvalue weighted by Crippen LogP contribution is 2.20. The second-order valence-electron chi connectivity index (χ2n) is 7.07. The van der Waals surface area contributed by atoms with Crippen molar-refractivity contribution >= 4 is 17.4 Å². The van der Waals surface area contributed by atoms with Gasteiger partial charge in [0.05, 0.1) is 6.26 Å². The number of carbonyl (C=O) groups is 1. The van der Waals surface area contributed by atoms with Crippen molar-refractivity contribution in [3.63, 3.8) is 0 Å². The van der Waals surface area contributed by atoms with E-state index in [1.165, 1.54) is 24.3 Å². The smallest absolute Gasteiger partial charge is 0.260 e. The monoisotopic (exact) mass is 422 g/mol. The molecule has 1 saturated heterocycles. The van der Waals surface area contributed by atoms with E-state index < -0.39 is 0 Å². The minimum atomic E-state index is -0.343. The van der Waals surface area contributed by atoms with Gasteiger partial charge in [0.15, 0.2) is 18.0 Å². The summed E-state index contributed by atoms with van der Waals surface area (Å²) < 4.78 is 25.5. The molecular formula is C21H19FN6O3. The zero-order chi connectivity index (χ0) is 21.2. The number of halogens is 1. The maximum Gasteiger partial charge on any atom is 0.260 e. The van der Waals surface area contributed by atoms with Crippen LogP contribution in [-0.4, -0.2) is 63.4 Å². The number of rotatable bonds is 5. The molecule has 0 atom stereocenters. The molecule has 158 valence electrons. The van der Waals surface area contributed by atoms with Crippen LogP contribution in [0.4, 0.5) is 10.2 Å². The Kier molecular flexibility index (Phi) is 4.95. The van der Waals surface area contributed by atoms with Crippen LogP contribution in [0.3, 0.4) is 0 Å². The quantitative estimate of drug-likeness (QED) is 0.487. The Morgan fingerprint density at radius 3 is 2.58 bits per heavy atom. The summed E-state index contributed by atoms with van der Waals surface area (Å²) in [7, 11) is 0. The molecule has 0 radical (unpaired) electrons. The SMILES string of the molecule is O=C(COc1ccc(F)cc1)N1CCN(c2ccc3nnc(-c4ccco4)n3n2)CC1. The molecule has 1 aromatic carbocycles. The summed E-state index contributed by atoms with van der Waals surface area (Å²) in [5, 5.41) is 13.0. The summed E-state index contributed by atoms with van der Waals surface area (Å²) in [6.45, 7) is 2.30. The second-order valence-corrected chi connectivity index (χ2v) is 7.07. The van der Waals surface area contributed by atoms with E-state index in [0.29, 0.717) is 49.2 Å². The van der Waals surface area contributed by atoms with Gasteiger partial charge in [0.1, 0.15) is 17.4 Å². The van der Waals surface area contributed by atoms with Gasteiger partial charge in [0.2, 0.25) is 5.82 Å². The average molecular weight is 422 g/mol. The van der Waals surface area contributed by atoms with Crippen LogP contribution in [0, 0.1) is 5.82 Å². The van der Waals surface area contributed by atoms with Crippen molar-refractivity contribution in [2.24, 2.45) is 0 Å². The number of piperazine rings is 1. The van der Waals surface area contributed by atoms with Gasteiger partial charge in [-0.1, -0.05) is 0 Å². The second kappa shape index (κ2) is 8.05. The molecule has 0 saturated carbocycles. The molecule has 1 fully saturated rings. The number of amides is 1. The van der Waals surface area contributed by atoms with Crippen LogP contribution in [0.2, 0.25) is 0 Å². The molecule has 1 amide bonds. The van der Waals surface area contributed by atoms with E-state index in [-0.39, 0.29) is 18.3 Å². The van der Waals surface area contributed by atoms with Gasteiger partial charge in [-0.2, -0.15) is 4.52 Å². The molecule has 4 heterocycles. The zero-order valence-corrected chi connectivity index (χ0v) is 16.5. The van der Waals surface area contributed by atoms with Gasteiger partial charge in [-0.25, -0.2) is 4.39 Å². The maximum atomic E-state index is 13.0. The first-order valence-electron chi connectivity index (χ1n) is 9.85. The molecule has 0 unspecified atom stereocenters. The third kappa shape index (κ3) is 3.91. The topological polar surface area (TPSA) is 89.0 Å². The van der Waals surface area contributed by atoms with Crippen LogP contribution < -0.4 is 9.64 Å². The van der Waals surface area contributed by atoms with E-state index in [1.54, 1.807) is 21.7 Å². The Morgan fingerprint density at radius 2 is 1.84 bits per heavy atom. The van der Waals surface area contributed by atoms with Crippen LogP contribution in [-0.2, 0) is 4.79 Å². The van der Waals surface area contributed by atoms with Crippen molar-refractivity contribution in [3.8, 4) is 17.3 Å². The first-order valence-corrected chi connectivity index (χ1v) is 9.85. The molecule has 10 heteroatoms. The molecule has 3 aromatic heterocycles. The van der Waals surface area contributed by atoms with Gasteiger partial charge in [0, 0.05) is 26.2 Å². The van der Waals surface area contributed by atoms with Gasteiger partial charge in [-0.15, -0.1) is 15.3 Å². The summed E-state index contributed by atoms with van der Waals surface area (Å²) >= 11 is 0. The highest BCUT2D eigenvalue weighted by molar-refractivity contribution is 5.78. The highest BCUT2D eigenvalue weighted by Gasteiger charge is 2.23. The van der Waals surface area contributed by atoms with Gasteiger partial charge in [-0.3, -0.25) is 4.79 Å². The lowest BCUT2D eigenvalue weighted by Gasteiger charge is -2.35. The molecule has 31 heavy (non-hydrogen) atoms. The lowest BCUT2D eigenvalue weighted by Crippen LogP contribution is -2.50. The third-order valence-electron chi connectivity index (χ3n) is 5.12. The van der Waals surface area contributed by atoms with E-state index >= 15 is 0 Å². The molecule has 4 aromatic rings. The fourth-order valence-electron chi connectivity index (χ4n) is 3.46. The molecule has 1 aliphatic heterocycles. The standard InChI is InChI=1S/C21H19FN6O3/c22-15-3-5-16(6-4-15)31-14-20(29)27-11-9-26(10-12-27)19-8-7-18-23-24-21(28(18)25-19)17-2-1-13-30-17/h1-8,13H,9-12,14H2. The van der Waals surface area contributed by atoms with Crippen molar-refractivity contribution in [3.05, 3.63) is 60.6 Å². The Bertz CT molecular complexity index is 1180. The highest BCUT2D eigenvalue weighted by atomic mass is 19.1. The summed E-state index contributed by atoms with van der Waals surface area (Å²) in [6, 6.07) is 13.0. The Labute approximate surface area is 176 Å². The van der Waals surface area contributed by atoms with Crippen LogP contribution in [0.15, 0.2) is 59.2 Å². The number of hydrogen-bond donors (Lipinski definition) is 0. The third-order valence-corrected chi connectivity index (χ3v) is 5.12. The number of furan rings is 1. The van der Waals surface area contributed by atoms with Crippen molar-refractivity contribution in [2.75, 3.05) is 37.7 Å². The van der Waals surface area contributed by atoms with Gasteiger partial charge in [0.25, 0.3) is 5.91 Å². The summed E-state index contributed by atoms with van der Waals surface area (Å²) in [5.41, 5.74) is 0.627. The van der Waals surface area contributed by atoms with E-state index in [1.807, 2.05) is 18.2 Å². The number of carbonyl (C=O) groups excluding carboxylic acids is 1.